The Morgan fingerprint density at radius 1 is 1.00 bits per heavy atom. The first-order valence-corrected chi connectivity index (χ1v) is 15.5. The molecule has 1 N–H and O–H groups in total. The molecule has 1 atom stereocenters. The molecule has 0 bridgehead atoms. The fourth-order valence-electron chi connectivity index (χ4n) is 7.20. The Morgan fingerprint density at radius 2 is 1.77 bits per heavy atom. The van der Waals surface area contributed by atoms with Gasteiger partial charge in [-0.25, -0.2) is 4.98 Å². The smallest absolute Gasteiger partial charge is 0.247 e. The molecule has 2 aromatic carbocycles. The number of carbonyl (C=O) groups is 1. The second-order valence-corrected chi connectivity index (χ2v) is 12.4. The third-order valence-corrected chi connectivity index (χ3v) is 9.91. The van der Waals surface area contributed by atoms with Gasteiger partial charge in [0.05, 0.1) is 36.8 Å². The maximum atomic E-state index is 13.5. The molecule has 0 radical (unpaired) electrons. The minimum absolute atomic E-state index is 0.0912. The Bertz CT molecular complexity index is 1700. The Morgan fingerprint density at radius 3 is 2.52 bits per heavy atom. The summed E-state index contributed by atoms with van der Waals surface area (Å²) in [6.45, 7) is 6.60. The van der Waals surface area contributed by atoms with E-state index >= 15 is 0 Å². The Hall–Kier alpha value is -4.15. The summed E-state index contributed by atoms with van der Waals surface area (Å²) in [6, 6.07) is 12.1. The van der Waals surface area contributed by atoms with Crippen LogP contribution in [0.4, 0.5) is 11.4 Å². The molecule has 10 heteroatoms. The molecule has 0 spiro atoms. The summed E-state index contributed by atoms with van der Waals surface area (Å²) in [7, 11) is 7.45. The van der Waals surface area contributed by atoms with Gasteiger partial charge >= 0.3 is 0 Å². The normalized spacial score (nSPS) is 22.1. The molecule has 1 amide bonds. The van der Waals surface area contributed by atoms with Crippen LogP contribution in [0.1, 0.15) is 35.8 Å². The fourth-order valence-corrected chi connectivity index (χ4v) is 7.20. The first-order chi connectivity index (χ1) is 21.4. The maximum absolute atomic E-state index is 13.5. The highest BCUT2D eigenvalue weighted by atomic mass is 16.5. The lowest BCUT2D eigenvalue weighted by atomic mass is 9.78. The molecule has 1 saturated heterocycles. The van der Waals surface area contributed by atoms with Gasteiger partial charge in [-0.1, -0.05) is 12.1 Å². The van der Waals surface area contributed by atoms with E-state index in [9.17, 15) is 4.79 Å². The van der Waals surface area contributed by atoms with Crippen LogP contribution in [-0.2, 0) is 11.2 Å². The Balaban J connectivity index is 1.13. The van der Waals surface area contributed by atoms with E-state index in [0.29, 0.717) is 29.8 Å². The zero-order valence-electron chi connectivity index (χ0n) is 26.2. The van der Waals surface area contributed by atoms with Crippen molar-refractivity contribution < 1.29 is 14.3 Å². The number of aryl methyl sites for hydroxylation is 1. The van der Waals surface area contributed by atoms with Crippen LogP contribution < -0.4 is 19.7 Å². The maximum Gasteiger partial charge on any atom is 0.247 e. The summed E-state index contributed by atoms with van der Waals surface area (Å²) in [5, 5.41) is 3.12. The van der Waals surface area contributed by atoms with Crippen molar-refractivity contribution in [2.24, 2.45) is 0 Å². The van der Waals surface area contributed by atoms with Gasteiger partial charge in [0.25, 0.3) is 0 Å². The summed E-state index contributed by atoms with van der Waals surface area (Å²) >= 11 is 0. The molecule has 10 nitrogen and oxygen atoms in total. The third kappa shape index (κ3) is 4.86. The van der Waals surface area contributed by atoms with Gasteiger partial charge in [0, 0.05) is 80.8 Å². The van der Waals surface area contributed by atoms with Crippen molar-refractivity contribution in [3.8, 4) is 22.8 Å². The number of ether oxygens (including phenoxy) is 2. The zero-order valence-corrected chi connectivity index (χ0v) is 26.2. The number of methoxy groups -OCH3 is 2. The summed E-state index contributed by atoms with van der Waals surface area (Å²) in [4.78, 5) is 30.5. The number of aromatic nitrogens is 3. The number of anilines is 2. The predicted molar refractivity (Wildman–Crippen MR) is 172 cm³/mol. The van der Waals surface area contributed by atoms with Crippen molar-refractivity contribution in [1.82, 2.24) is 24.2 Å². The molecular formula is C34H41N7O3. The van der Waals surface area contributed by atoms with Crippen molar-refractivity contribution in [3.63, 3.8) is 0 Å². The van der Waals surface area contributed by atoms with Gasteiger partial charge in [0.15, 0.2) is 0 Å². The number of imidazole rings is 1. The second-order valence-electron chi connectivity index (χ2n) is 12.4. The van der Waals surface area contributed by atoms with Gasteiger partial charge in [-0.3, -0.25) is 19.1 Å². The van der Waals surface area contributed by atoms with Crippen molar-refractivity contribution in [1.29, 1.82) is 0 Å². The van der Waals surface area contributed by atoms with E-state index in [-0.39, 0.29) is 11.9 Å². The minimum Gasteiger partial charge on any atom is -0.496 e. The standard InChI is InChI=1S/C34H41N7O3/c1-21-32-31(37-33(41(32)12-11-35-21)23-17-24(18-23)40-15-13-38(2)14-16-40)22-9-10-26(30(19-22)44-5)36-34(42)28-20-25-27(39(28)3)7-6-8-29(25)43-4/h6-12,19,23-24,28H,13-18,20H2,1-5H3,(H,36,42). The molecule has 4 aromatic rings. The van der Waals surface area contributed by atoms with Crippen LogP contribution >= 0.6 is 0 Å². The number of hydrogen-bond acceptors (Lipinski definition) is 8. The van der Waals surface area contributed by atoms with Crippen LogP contribution in [0.2, 0.25) is 0 Å². The monoisotopic (exact) mass is 595 g/mol. The highest BCUT2D eigenvalue weighted by Gasteiger charge is 2.38. The fraction of sp³-hybridized carbons (Fsp3) is 0.441. The van der Waals surface area contributed by atoms with E-state index < -0.39 is 0 Å². The molecule has 230 valence electrons. The molecule has 1 unspecified atom stereocenters. The molecule has 3 aliphatic rings. The molecule has 44 heavy (non-hydrogen) atoms. The minimum atomic E-state index is -0.351. The van der Waals surface area contributed by atoms with E-state index in [0.717, 1.165) is 84.3 Å². The molecule has 1 saturated carbocycles. The average Bonchev–Trinajstić information content (AvgIpc) is 3.56. The van der Waals surface area contributed by atoms with Crippen molar-refractivity contribution in [3.05, 3.63) is 65.9 Å². The second kappa shape index (κ2) is 11.4. The number of hydrogen-bond donors (Lipinski definition) is 1. The third-order valence-electron chi connectivity index (χ3n) is 9.91. The molecule has 2 fully saturated rings. The summed E-state index contributed by atoms with van der Waals surface area (Å²) in [5.74, 6) is 2.82. The lowest BCUT2D eigenvalue weighted by Crippen LogP contribution is -2.52. The van der Waals surface area contributed by atoms with E-state index in [4.69, 9.17) is 14.5 Å². The number of piperazine rings is 1. The van der Waals surface area contributed by atoms with Crippen molar-refractivity contribution in [2.75, 3.05) is 64.7 Å². The van der Waals surface area contributed by atoms with E-state index in [2.05, 4.69) is 31.5 Å². The quantitative estimate of drug-likeness (QED) is 0.340. The number of amides is 1. The van der Waals surface area contributed by atoms with Crippen LogP contribution in [0.15, 0.2) is 48.8 Å². The number of benzene rings is 2. The summed E-state index contributed by atoms with van der Waals surface area (Å²) < 4.78 is 13.6. The molecule has 4 heterocycles. The van der Waals surface area contributed by atoms with Crippen LogP contribution in [-0.4, -0.2) is 96.7 Å². The largest absolute Gasteiger partial charge is 0.496 e. The first-order valence-electron chi connectivity index (χ1n) is 15.5. The number of nitrogens with one attached hydrogen (secondary N) is 1. The highest BCUT2D eigenvalue weighted by Crippen LogP contribution is 2.43. The SMILES string of the molecule is COc1cc(-c2nc(C3CC(N4CCN(C)CC4)C3)n3ccnc(C)c23)ccc1NC(=O)C1Cc2c(OC)cccc2N1C. The molecule has 7 rings (SSSR count). The average molecular weight is 596 g/mol. The zero-order chi connectivity index (χ0) is 30.5. The molecule has 1 aliphatic carbocycles. The van der Waals surface area contributed by atoms with Crippen LogP contribution in [0.5, 0.6) is 11.5 Å². The highest BCUT2D eigenvalue weighted by molar-refractivity contribution is 6.00. The van der Waals surface area contributed by atoms with Crippen LogP contribution in [0.25, 0.3) is 16.8 Å². The summed E-state index contributed by atoms with van der Waals surface area (Å²) in [5.41, 5.74) is 6.47. The van der Waals surface area contributed by atoms with Gasteiger partial charge in [-0.05, 0) is 51.1 Å². The number of likely N-dealkylation sites (N-methyl/N-ethyl adjacent to an activating group) is 2. The lowest BCUT2D eigenvalue weighted by molar-refractivity contribution is -0.117. The number of fused-ring (bicyclic) bond motifs is 2. The van der Waals surface area contributed by atoms with Crippen molar-refractivity contribution in [2.45, 2.75) is 44.2 Å². The van der Waals surface area contributed by atoms with Gasteiger partial charge < -0.3 is 24.6 Å². The lowest BCUT2D eigenvalue weighted by Gasteiger charge is -2.45. The Kier molecular flexibility index (Phi) is 7.42. The number of rotatable bonds is 7. The molecular weight excluding hydrogens is 554 g/mol. The van der Waals surface area contributed by atoms with Crippen LogP contribution in [0, 0.1) is 6.92 Å². The van der Waals surface area contributed by atoms with Gasteiger partial charge in [0.1, 0.15) is 23.4 Å². The Labute approximate surface area is 258 Å². The van der Waals surface area contributed by atoms with Gasteiger partial charge in [-0.2, -0.15) is 0 Å². The molecule has 2 aliphatic heterocycles. The van der Waals surface area contributed by atoms with Crippen molar-refractivity contribution >= 4 is 22.8 Å². The number of nitrogens with zero attached hydrogens (tertiary/aromatic N) is 6. The van der Waals surface area contributed by atoms with Gasteiger partial charge in [-0.15, -0.1) is 0 Å². The topological polar surface area (TPSA) is 87.5 Å². The summed E-state index contributed by atoms with van der Waals surface area (Å²) in [6.07, 6.45) is 6.73. The predicted octanol–water partition coefficient (Wildman–Crippen LogP) is 4.21. The van der Waals surface area contributed by atoms with Gasteiger partial charge in [0.2, 0.25) is 5.91 Å². The number of carbonyl (C=O) groups excluding carboxylic acids is 1. The van der Waals surface area contributed by atoms with Crippen LogP contribution in [0.3, 0.4) is 0 Å². The first kappa shape index (κ1) is 28.6. The van der Waals surface area contributed by atoms with E-state index in [1.54, 1.807) is 14.2 Å². The molecule has 2 aromatic heterocycles. The van der Waals surface area contributed by atoms with E-state index in [1.165, 1.54) is 0 Å². The van der Waals surface area contributed by atoms with E-state index in [1.807, 2.05) is 67.7 Å².